The molecular weight excluding hydrogens is 249 g/mol. The van der Waals surface area contributed by atoms with E-state index in [2.05, 4.69) is 6.58 Å². The molecule has 0 fully saturated rings. The van der Waals surface area contributed by atoms with E-state index in [0.29, 0.717) is 0 Å². The molecule has 1 aliphatic heterocycles. The van der Waals surface area contributed by atoms with Crippen molar-refractivity contribution in [3.05, 3.63) is 47.8 Å². The van der Waals surface area contributed by atoms with E-state index >= 15 is 0 Å². The fourth-order valence-corrected chi connectivity index (χ4v) is 1.46. The zero-order valence-corrected chi connectivity index (χ0v) is 9.49. The first-order valence-corrected chi connectivity index (χ1v) is 4.99. The Hall–Kier alpha value is -1.98. The summed E-state index contributed by atoms with van der Waals surface area (Å²) in [6.45, 7) is 4.93. The Morgan fingerprint density at radius 3 is 2.56 bits per heavy atom. The first-order chi connectivity index (χ1) is 8.31. The van der Waals surface area contributed by atoms with Crippen molar-refractivity contribution >= 4 is 5.97 Å². The molecule has 6 heteroatoms. The van der Waals surface area contributed by atoms with E-state index in [1.807, 2.05) is 0 Å². The lowest BCUT2D eigenvalue weighted by Gasteiger charge is -2.28. The second-order valence-corrected chi connectivity index (χ2v) is 3.45. The third-order valence-electron chi connectivity index (χ3n) is 2.25. The number of aliphatic carboxylic acids is 1. The molecule has 0 saturated heterocycles. The molecule has 0 aromatic heterocycles. The average Bonchev–Trinajstić information content (AvgIpc) is 2.27. The fourth-order valence-electron chi connectivity index (χ4n) is 1.46. The predicted octanol–water partition coefficient (Wildman–Crippen LogP) is 2.97. The van der Waals surface area contributed by atoms with Crippen LogP contribution in [-0.2, 0) is 9.53 Å². The summed E-state index contributed by atoms with van der Waals surface area (Å²) in [6.07, 6.45) is -2.31. The summed E-state index contributed by atoms with van der Waals surface area (Å²) in [5, 5.41) is 8.79. The summed E-state index contributed by atoms with van der Waals surface area (Å²) in [5.74, 6) is -1.71. The number of alkyl halides is 3. The van der Waals surface area contributed by atoms with Crippen LogP contribution in [0, 0.1) is 0 Å². The second kappa shape index (κ2) is 5.12. The number of carbonyl (C=O) groups is 1. The summed E-state index contributed by atoms with van der Waals surface area (Å²) in [5.41, 5.74) is -0.565. The quantitative estimate of drug-likeness (QED) is 0.830. The summed E-state index contributed by atoms with van der Waals surface area (Å²) in [7, 11) is 0. The van der Waals surface area contributed by atoms with Gasteiger partial charge in [-0.05, 0) is 19.1 Å². The first-order valence-electron chi connectivity index (χ1n) is 4.99. The predicted molar refractivity (Wildman–Crippen MR) is 58.7 cm³/mol. The van der Waals surface area contributed by atoms with Gasteiger partial charge in [-0.2, -0.15) is 13.2 Å². The second-order valence-electron chi connectivity index (χ2n) is 3.45. The van der Waals surface area contributed by atoms with Gasteiger partial charge in [0.15, 0.2) is 0 Å². The van der Waals surface area contributed by atoms with Crippen LogP contribution in [0.2, 0.25) is 0 Å². The van der Waals surface area contributed by atoms with Gasteiger partial charge in [0.25, 0.3) is 0 Å². The van der Waals surface area contributed by atoms with E-state index in [0.717, 1.165) is 6.08 Å². The highest BCUT2D eigenvalue weighted by Crippen LogP contribution is 2.36. The number of halogens is 3. The summed E-state index contributed by atoms with van der Waals surface area (Å²) in [6, 6.07) is 0. The molecule has 3 nitrogen and oxygen atoms in total. The largest absolute Gasteiger partial charge is 0.478 e. The van der Waals surface area contributed by atoms with Crippen LogP contribution in [0.5, 0.6) is 0 Å². The van der Waals surface area contributed by atoms with Crippen molar-refractivity contribution < 1.29 is 27.8 Å². The van der Waals surface area contributed by atoms with E-state index in [9.17, 15) is 18.0 Å². The number of hydrogen-bond donors (Lipinski definition) is 1. The molecule has 0 aromatic carbocycles. The normalized spacial score (nSPS) is 24.7. The highest BCUT2D eigenvalue weighted by Gasteiger charge is 2.48. The molecule has 1 heterocycles. The lowest BCUT2D eigenvalue weighted by molar-refractivity contribution is -0.200. The number of hydrogen-bond acceptors (Lipinski definition) is 2. The van der Waals surface area contributed by atoms with E-state index < -0.39 is 23.8 Å². The van der Waals surface area contributed by atoms with Gasteiger partial charge >= 0.3 is 12.1 Å². The molecule has 1 unspecified atom stereocenters. The molecule has 0 aliphatic carbocycles. The monoisotopic (exact) mass is 260 g/mol. The SMILES string of the molecule is C=C/C=C1/OC(C(F)(F)F)C(C(=O)O)=C/C1=C/C. The fraction of sp³-hybridized carbons (Fsp3) is 0.250. The van der Waals surface area contributed by atoms with Crippen molar-refractivity contribution in [2.45, 2.75) is 19.2 Å². The van der Waals surface area contributed by atoms with Gasteiger partial charge in [-0.25, -0.2) is 4.79 Å². The zero-order valence-electron chi connectivity index (χ0n) is 9.49. The molecule has 1 rings (SSSR count). The maximum absolute atomic E-state index is 12.7. The van der Waals surface area contributed by atoms with E-state index in [1.54, 1.807) is 6.92 Å². The molecule has 0 amide bonds. The molecule has 0 bridgehead atoms. The number of ether oxygens (including phenoxy) is 1. The van der Waals surface area contributed by atoms with Crippen molar-refractivity contribution in [3.63, 3.8) is 0 Å². The zero-order chi connectivity index (χ0) is 13.9. The number of rotatable bonds is 2. The molecule has 18 heavy (non-hydrogen) atoms. The molecule has 0 saturated carbocycles. The van der Waals surface area contributed by atoms with Crippen LogP contribution < -0.4 is 0 Å². The van der Waals surface area contributed by atoms with Crippen molar-refractivity contribution in [1.82, 2.24) is 0 Å². The molecule has 98 valence electrons. The van der Waals surface area contributed by atoms with Gasteiger partial charge in [0.2, 0.25) is 6.10 Å². The Balaban J connectivity index is 3.33. The molecule has 1 aliphatic rings. The maximum atomic E-state index is 12.7. The minimum Gasteiger partial charge on any atom is -0.478 e. The summed E-state index contributed by atoms with van der Waals surface area (Å²) < 4.78 is 42.8. The molecule has 0 aromatic rings. The van der Waals surface area contributed by atoms with Crippen LogP contribution in [0.25, 0.3) is 0 Å². The van der Waals surface area contributed by atoms with Gasteiger partial charge in [0, 0.05) is 5.57 Å². The third kappa shape index (κ3) is 2.82. The average molecular weight is 260 g/mol. The molecule has 0 spiro atoms. The van der Waals surface area contributed by atoms with Crippen LogP contribution in [0.3, 0.4) is 0 Å². The van der Waals surface area contributed by atoms with Crippen molar-refractivity contribution in [1.29, 1.82) is 0 Å². The van der Waals surface area contributed by atoms with Gasteiger partial charge in [-0.3, -0.25) is 0 Å². The van der Waals surface area contributed by atoms with E-state index in [1.165, 1.54) is 18.2 Å². The molecule has 1 N–H and O–H groups in total. The minimum absolute atomic E-state index is 0.0557. The smallest absolute Gasteiger partial charge is 0.430 e. The number of carboxylic acids is 1. The van der Waals surface area contributed by atoms with Gasteiger partial charge in [-0.15, -0.1) is 0 Å². The first kappa shape index (κ1) is 14.1. The van der Waals surface area contributed by atoms with Crippen LogP contribution >= 0.6 is 0 Å². The van der Waals surface area contributed by atoms with Crippen LogP contribution in [-0.4, -0.2) is 23.4 Å². The van der Waals surface area contributed by atoms with Crippen molar-refractivity contribution in [3.8, 4) is 0 Å². The Morgan fingerprint density at radius 2 is 2.17 bits per heavy atom. The Labute approximate surface area is 102 Å². The number of carboxylic acid groups (broad SMARTS) is 1. The molecule has 0 radical (unpaired) electrons. The topological polar surface area (TPSA) is 46.5 Å². The Bertz CT molecular complexity index is 456. The van der Waals surface area contributed by atoms with Gasteiger partial charge in [-0.1, -0.05) is 18.7 Å². The highest BCUT2D eigenvalue weighted by molar-refractivity contribution is 5.89. The standard InChI is InChI=1S/C12H11F3O3/c1-3-5-9-7(4-2)6-8(11(16)17)10(18-9)12(13,14)15/h3-6,10H,1H2,2H3,(H,16,17)/b7-4-,9-5+. The van der Waals surface area contributed by atoms with Crippen molar-refractivity contribution in [2.75, 3.05) is 0 Å². The molecule has 1 atom stereocenters. The van der Waals surface area contributed by atoms with Crippen LogP contribution in [0.15, 0.2) is 47.8 Å². The van der Waals surface area contributed by atoms with Crippen molar-refractivity contribution in [2.24, 2.45) is 0 Å². The van der Waals surface area contributed by atoms with Crippen LogP contribution in [0.1, 0.15) is 6.92 Å². The Kier molecular flexibility index (Phi) is 4.00. The summed E-state index contributed by atoms with van der Waals surface area (Å²) in [4.78, 5) is 10.8. The lowest BCUT2D eigenvalue weighted by Crippen LogP contribution is -2.38. The Morgan fingerprint density at radius 1 is 1.56 bits per heavy atom. The third-order valence-corrected chi connectivity index (χ3v) is 2.25. The lowest BCUT2D eigenvalue weighted by atomic mass is 10.0. The van der Waals surface area contributed by atoms with Gasteiger partial charge < -0.3 is 9.84 Å². The molecular formula is C12H11F3O3. The van der Waals surface area contributed by atoms with E-state index in [4.69, 9.17) is 9.84 Å². The van der Waals surface area contributed by atoms with E-state index in [-0.39, 0.29) is 11.3 Å². The number of allylic oxidation sites excluding steroid dienone is 4. The van der Waals surface area contributed by atoms with Crippen LogP contribution in [0.4, 0.5) is 13.2 Å². The minimum atomic E-state index is -4.79. The van der Waals surface area contributed by atoms with Gasteiger partial charge in [0.1, 0.15) is 5.76 Å². The maximum Gasteiger partial charge on any atom is 0.430 e. The summed E-state index contributed by atoms with van der Waals surface area (Å²) >= 11 is 0. The highest BCUT2D eigenvalue weighted by atomic mass is 19.4. The van der Waals surface area contributed by atoms with Gasteiger partial charge in [0.05, 0.1) is 5.57 Å².